The summed E-state index contributed by atoms with van der Waals surface area (Å²) in [6.45, 7) is 0. The quantitative estimate of drug-likeness (QED) is 0.172. The summed E-state index contributed by atoms with van der Waals surface area (Å²) in [5, 5.41) is 5.91. The van der Waals surface area contributed by atoms with Crippen LogP contribution in [0.2, 0.25) is 0 Å². The van der Waals surface area contributed by atoms with Crippen molar-refractivity contribution in [2.24, 2.45) is 0 Å². The molecule has 0 bridgehead atoms. The minimum Gasteiger partial charge on any atom is -0.456 e. The highest BCUT2D eigenvalue weighted by atomic mass is 16.3. The van der Waals surface area contributed by atoms with Crippen LogP contribution in [-0.2, 0) is 0 Å². The van der Waals surface area contributed by atoms with E-state index in [9.17, 15) is 0 Å². The maximum Gasteiger partial charge on any atom is 0.137 e. The van der Waals surface area contributed by atoms with Gasteiger partial charge in [-0.2, -0.15) is 0 Å². The fourth-order valence-corrected chi connectivity index (χ4v) is 8.34. The molecule has 11 rings (SSSR count). The predicted octanol–water partition coefficient (Wildman–Crippen LogP) is 14.6. The van der Waals surface area contributed by atoms with E-state index in [1.807, 2.05) is 12.1 Å². The van der Waals surface area contributed by atoms with Crippen molar-refractivity contribution in [3.8, 4) is 33.4 Å². The highest BCUT2D eigenvalue weighted by Crippen LogP contribution is 2.42. The summed E-state index contributed by atoms with van der Waals surface area (Å²) in [7, 11) is 0. The highest BCUT2D eigenvalue weighted by Gasteiger charge is 2.18. The van der Waals surface area contributed by atoms with Gasteiger partial charge in [0.05, 0.1) is 11.0 Å². The Morgan fingerprint density at radius 3 is 1.73 bits per heavy atom. The number of rotatable bonds is 6. The number of hydrogen-bond donors (Lipinski definition) is 0. The SMILES string of the molecule is c1ccc(-c2cccc(N(c3cccc(-c4ccc5cc6c(-c7ccccc7)c7ccccc7n6cc5c4)c3)c3ccc4c(c3)oc3ccccc34)c2)cc1. The van der Waals surface area contributed by atoms with E-state index >= 15 is 0 Å². The van der Waals surface area contributed by atoms with E-state index in [0.717, 1.165) is 50.1 Å². The molecule has 11 aromatic rings. The number of para-hydroxylation sites is 2. The predicted molar refractivity (Wildman–Crippen MR) is 231 cm³/mol. The van der Waals surface area contributed by atoms with E-state index in [2.05, 4.69) is 204 Å². The lowest BCUT2D eigenvalue weighted by atomic mass is 9.99. The van der Waals surface area contributed by atoms with Crippen LogP contribution < -0.4 is 4.90 Å². The van der Waals surface area contributed by atoms with Crippen molar-refractivity contribution in [2.75, 3.05) is 4.90 Å². The zero-order valence-corrected chi connectivity index (χ0v) is 29.9. The van der Waals surface area contributed by atoms with Gasteiger partial charge in [-0.05, 0) is 99.3 Å². The Labute approximate surface area is 318 Å². The Bertz CT molecular complexity index is 3210. The number of hydrogen-bond acceptors (Lipinski definition) is 2. The van der Waals surface area contributed by atoms with Crippen LogP contribution in [0, 0.1) is 0 Å². The standard InChI is InChI=1S/C52H34N2O/c1-3-13-35(14-4-1)37-17-11-19-42(30-37)54(44-27-28-46-45-21-8-10-24-50(45)55-51(46)33-44)43-20-12-18-38(31-43)39-25-26-40-32-49-52(36-15-5-2-6-16-36)47-22-7-9-23-48(47)53(49)34-41(40)29-39/h1-34H. The first-order valence-corrected chi connectivity index (χ1v) is 18.7. The van der Waals surface area contributed by atoms with Crippen molar-refractivity contribution in [1.82, 2.24) is 4.40 Å². The van der Waals surface area contributed by atoms with Gasteiger partial charge in [0, 0.05) is 51.0 Å². The van der Waals surface area contributed by atoms with Gasteiger partial charge >= 0.3 is 0 Å². The van der Waals surface area contributed by atoms with Crippen LogP contribution in [-0.4, -0.2) is 4.40 Å². The Hall–Kier alpha value is -7.36. The molecule has 0 N–H and O–H groups in total. The Morgan fingerprint density at radius 1 is 0.345 bits per heavy atom. The zero-order valence-electron chi connectivity index (χ0n) is 29.9. The molecule has 55 heavy (non-hydrogen) atoms. The van der Waals surface area contributed by atoms with Crippen molar-refractivity contribution in [3.63, 3.8) is 0 Å². The van der Waals surface area contributed by atoms with Crippen LogP contribution >= 0.6 is 0 Å². The van der Waals surface area contributed by atoms with Gasteiger partial charge in [-0.25, -0.2) is 0 Å². The second-order valence-electron chi connectivity index (χ2n) is 14.2. The molecule has 0 unspecified atom stereocenters. The molecular weight excluding hydrogens is 669 g/mol. The molecule has 3 heteroatoms. The molecule has 0 spiro atoms. The molecule has 0 saturated carbocycles. The minimum absolute atomic E-state index is 0.868. The maximum absolute atomic E-state index is 6.40. The summed E-state index contributed by atoms with van der Waals surface area (Å²) in [5.74, 6) is 0. The monoisotopic (exact) mass is 702 g/mol. The summed E-state index contributed by atoms with van der Waals surface area (Å²) in [6.07, 6.45) is 2.30. The second-order valence-corrected chi connectivity index (χ2v) is 14.2. The van der Waals surface area contributed by atoms with E-state index in [0.29, 0.717) is 0 Å². The first-order chi connectivity index (χ1) is 27.2. The number of benzene rings is 8. The Kier molecular flexibility index (Phi) is 7.17. The van der Waals surface area contributed by atoms with Crippen molar-refractivity contribution in [1.29, 1.82) is 0 Å². The first kappa shape index (κ1) is 31.2. The summed E-state index contributed by atoms with van der Waals surface area (Å²) in [6, 6.07) is 71.7. The number of anilines is 3. The fraction of sp³-hybridized carbons (Fsp3) is 0. The molecule has 0 aliphatic heterocycles. The van der Waals surface area contributed by atoms with Crippen LogP contribution in [0.5, 0.6) is 0 Å². The summed E-state index contributed by atoms with van der Waals surface area (Å²) in [4.78, 5) is 2.34. The van der Waals surface area contributed by atoms with Gasteiger partial charge < -0.3 is 13.7 Å². The molecule has 0 saturated heterocycles. The molecule has 0 amide bonds. The molecule has 3 heterocycles. The third-order valence-corrected chi connectivity index (χ3v) is 10.9. The molecule has 0 atom stereocenters. The maximum atomic E-state index is 6.40. The lowest BCUT2D eigenvalue weighted by Crippen LogP contribution is -2.10. The zero-order chi connectivity index (χ0) is 36.3. The summed E-state index contributed by atoms with van der Waals surface area (Å²) in [5.41, 5.74) is 14.5. The van der Waals surface area contributed by atoms with E-state index in [1.165, 1.54) is 49.4 Å². The molecule has 0 aliphatic carbocycles. The Morgan fingerprint density at radius 2 is 0.945 bits per heavy atom. The number of aromatic nitrogens is 1. The number of pyridine rings is 1. The lowest BCUT2D eigenvalue weighted by Gasteiger charge is -2.26. The number of fused-ring (bicyclic) bond motifs is 7. The van der Waals surface area contributed by atoms with Crippen molar-refractivity contribution in [2.45, 2.75) is 0 Å². The van der Waals surface area contributed by atoms with Gasteiger partial charge in [0.1, 0.15) is 11.2 Å². The molecule has 0 fully saturated rings. The molecule has 8 aromatic carbocycles. The van der Waals surface area contributed by atoms with Crippen molar-refractivity contribution < 1.29 is 4.42 Å². The van der Waals surface area contributed by atoms with Crippen LogP contribution in [0.25, 0.3) is 82.5 Å². The normalized spacial score (nSPS) is 11.6. The molecule has 3 aromatic heterocycles. The second kappa shape index (κ2) is 12.6. The summed E-state index contributed by atoms with van der Waals surface area (Å²) < 4.78 is 8.75. The molecule has 3 nitrogen and oxygen atoms in total. The average molecular weight is 703 g/mol. The van der Waals surface area contributed by atoms with Crippen molar-refractivity contribution in [3.05, 3.63) is 206 Å². The first-order valence-electron chi connectivity index (χ1n) is 18.7. The molecule has 258 valence electrons. The van der Waals surface area contributed by atoms with Crippen LogP contribution in [0.15, 0.2) is 211 Å². The van der Waals surface area contributed by atoms with Crippen LogP contribution in [0.4, 0.5) is 17.1 Å². The third kappa shape index (κ3) is 5.28. The van der Waals surface area contributed by atoms with E-state index in [-0.39, 0.29) is 0 Å². The fourth-order valence-electron chi connectivity index (χ4n) is 8.34. The van der Waals surface area contributed by atoms with Crippen LogP contribution in [0.1, 0.15) is 0 Å². The van der Waals surface area contributed by atoms with E-state index < -0.39 is 0 Å². The van der Waals surface area contributed by atoms with E-state index in [4.69, 9.17) is 4.42 Å². The minimum atomic E-state index is 0.868. The van der Waals surface area contributed by atoms with Gasteiger partial charge in [-0.1, -0.05) is 133 Å². The lowest BCUT2D eigenvalue weighted by molar-refractivity contribution is 0.669. The molecule has 0 aliphatic rings. The van der Waals surface area contributed by atoms with Crippen molar-refractivity contribution >= 4 is 66.2 Å². The van der Waals surface area contributed by atoms with E-state index in [1.54, 1.807) is 0 Å². The highest BCUT2D eigenvalue weighted by molar-refractivity contribution is 6.09. The molecular formula is C52H34N2O. The average Bonchev–Trinajstić information content (AvgIpc) is 3.78. The topological polar surface area (TPSA) is 20.8 Å². The van der Waals surface area contributed by atoms with Gasteiger partial charge in [0.2, 0.25) is 0 Å². The van der Waals surface area contributed by atoms with Crippen LogP contribution in [0.3, 0.4) is 0 Å². The van der Waals surface area contributed by atoms with Gasteiger partial charge in [-0.15, -0.1) is 0 Å². The van der Waals surface area contributed by atoms with Gasteiger partial charge in [0.15, 0.2) is 0 Å². The number of furan rings is 1. The number of nitrogens with zero attached hydrogens (tertiary/aromatic N) is 2. The van der Waals surface area contributed by atoms with Gasteiger partial charge in [-0.3, -0.25) is 0 Å². The third-order valence-electron chi connectivity index (χ3n) is 10.9. The molecule has 0 radical (unpaired) electrons. The smallest absolute Gasteiger partial charge is 0.137 e. The van der Waals surface area contributed by atoms with Gasteiger partial charge in [0.25, 0.3) is 0 Å². The Balaban J connectivity index is 1.06. The summed E-state index contributed by atoms with van der Waals surface area (Å²) >= 11 is 0. The largest absolute Gasteiger partial charge is 0.456 e.